The zero-order valence-electron chi connectivity index (χ0n) is 11.3. The summed E-state index contributed by atoms with van der Waals surface area (Å²) in [7, 11) is 2.45. The Morgan fingerprint density at radius 2 is 1.75 bits per heavy atom. The van der Waals surface area contributed by atoms with Gasteiger partial charge >= 0.3 is 12.3 Å². The van der Waals surface area contributed by atoms with Crippen LogP contribution in [0.5, 0.6) is 0 Å². The first-order valence-electron chi connectivity index (χ1n) is 5.84. The van der Waals surface area contributed by atoms with Gasteiger partial charge in [0.25, 0.3) is 0 Å². The number of rotatable bonds is 5. The number of carbonyl (C=O) groups excluding carboxylic acids is 2. The molecular formula is C14H16O6. The molecule has 0 fully saturated rings. The largest absolute Gasteiger partial charge is 0.508 e. The highest BCUT2D eigenvalue weighted by Crippen LogP contribution is 2.19. The lowest BCUT2D eigenvalue weighted by atomic mass is 10.1. The van der Waals surface area contributed by atoms with Crippen LogP contribution in [0.25, 0.3) is 0 Å². The van der Waals surface area contributed by atoms with E-state index in [1.165, 1.54) is 14.2 Å². The first-order valence-corrected chi connectivity index (χ1v) is 5.84. The highest BCUT2D eigenvalue weighted by atomic mass is 16.7. The number of hydrogen-bond acceptors (Lipinski definition) is 6. The van der Waals surface area contributed by atoms with Crippen LogP contribution in [0.1, 0.15) is 11.7 Å². The topological polar surface area (TPSA) is 71.1 Å². The van der Waals surface area contributed by atoms with Crippen LogP contribution >= 0.6 is 0 Å². The second kappa shape index (κ2) is 8.58. The minimum atomic E-state index is -0.794. The molecular weight excluding hydrogens is 264 g/mol. The molecule has 0 bridgehead atoms. The van der Waals surface area contributed by atoms with E-state index in [1.54, 1.807) is 24.3 Å². The molecule has 0 heterocycles. The molecule has 0 aromatic heterocycles. The van der Waals surface area contributed by atoms with Crippen molar-refractivity contribution in [3.05, 3.63) is 48.0 Å². The van der Waals surface area contributed by atoms with Gasteiger partial charge in [-0.25, -0.2) is 9.59 Å². The van der Waals surface area contributed by atoms with Crippen molar-refractivity contribution in [1.82, 2.24) is 0 Å². The number of carbonyl (C=O) groups is 2. The van der Waals surface area contributed by atoms with Crippen LogP contribution in [-0.2, 0) is 18.9 Å². The van der Waals surface area contributed by atoms with E-state index in [4.69, 9.17) is 4.74 Å². The van der Waals surface area contributed by atoms with Crippen molar-refractivity contribution in [3.8, 4) is 0 Å². The molecule has 0 radical (unpaired) electrons. The van der Waals surface area contributed by atoms with Gasteiger partial charge in [-0.2, -0.15) is 0 Å². The maximum absolute atomic E-state index is 11.2. The Bertz CT molecular complexity index is 454. The second-order valence-electron chi connectivity index (χ2n) is 3.60. The van der Waals surface area contributed by atoms with Crippen molar-refractivity contribution >= 4 is 12.3 Å². The van der Waals surface area contributed by atoms with Crippen molar-refractivity contribution in [3.63, 3.8) is 0 Å². The average Bonchev–Trinajstić information content (AvgIpc) is 2.50. The minimum Gasteiger partial charge on any atom is -0.438 e. The van der Waals surface area contributed by atoms with Crippen LogP contribution < -0.4 is 0 Å². The molecule has 6 heteroatoms. The molecule has 0 saturated carbocycles. The number of hydrogen-bond donors (Lipinski definition) is 0. The fourth-order valence-electron chi connectivity index (χ4n) is 1.37. The standard InChI is InChI=1S/C14H16O6/c1-17-13(15)19-10-6-9-12(20-14(16)18-2)11-7-4-3-5-8-11/h3-9,12H,10H2,1-2H3/b9-6+. The molecule has 0 aliphatic carbocycles. The summed E-state index contributed by atoms with van der Waals surface area (Å²) < 4.78 is 18.6. The van der Waals surface area contributed by atoms with E-state index < -0.39 is 18.4 Å². The van der Waals surface area contributed by atoms with Crippen molar-refractivity contribution in [1.29, 1.82) is 0 Å². The van der Waals surface area contributed by atoms with Crippen LogP contribution in [0.4, 0.5) is 9.59 Å². The molecule has 6 nitrogen and oxygen atoms in total. The van der Waals surface area contributed by atoms with E-state index in [9.17, 15) is 9.59 Å². The Kier molecular flexibility index (Phi) is 6.67. The summed E-state index contributed by atoms with van der Waals surface area (Å²) in [5.41, 5.74) is 0.771. The Morgan fingerprint density at radius 1 is 1.10 bits per heavy atom. The predicted molar refractivity (Wildman–Crippen MR) is 70.2 cm³/mol. The molecule has 0 spiro atoms. The molecule has 108 valence electrons. The Labute approximate surface area is 116 Å². The molecule has 1 aromatic rings. The van der Waals surface area contributed by atoms with Crippen molar-refractivity contribution in [2.24, 2.45) is 0 Å². The van der Waals surface area contributed by atoms with E-state index in [2.05, 4.69) is 14.2 Å². The van der Waals surface area contributed by atoms with E-state index in [1.807, 2.05) is 18.2 Å². The Balaban J connectivity index is 2.66. The first kappa shape index (κ1) is 15.6. The zero-order chi connectivity index (χ0) is 14.8. The number of ether oxygens (including phenoxy) is 4. The normalized spacial score (nSPS) is 11.7. The molecule has 1 aromatic carbocycles. The third-order valence-corrected chi connectivity index (χ3v) is 2.29. The van der Waals surface area contributed by atoms with Gasteiger partial charge < -0.3 is 18.9 Å². The molecule has 0 amide bonds. The highest BCUT2D eigenvalue weighted by molar-refractivity contribution is 5.60. The summed E-state index contributed by atoms with van der Waals surface area (Å²) in [6.07, 6.45) is 0.953. The molecule has 20 heavy (non-hydrogen) atoms. The van der Waals surface area contributed by atoms with E-state index in [0.717, 1.165) is 5.56 Å². The molecule has 1 unspecified atom stereocenters. The van der Waals surface area contributed by atoms with E-state index >= 15 is 0 Å². The maximum atomic E-state index is 11.2. The number of benzene rings is 1. The van der Waals surface area contributed by atoms with Crippen LogP contribution in [0, 0.1) is 0 Å². The van der Waals surface area contributed by atoms with Crippen LogP contribution in [0.15, 0.2) is 42.5 Å². The Hall–Kier alpha value is -2.50. The smallest absolute Gasteiger partial charge is 0.438 e. The molecule has 0 aliphatic heterocycles. The third-order valence-electron chi connectivity index (χ3n) is 2.29. The first-order chi connectivity index (χ1) is 9.67. The van der Waals surface area contributed by atoms with Gasteiger partial charge in [-0.05, 0) is 17.7 Å². The average molecular weight is 280 g/mol. The van der Waals surface area contributed by atoms with E-state index in [-0.39, 0.29) is 6.61 Å². The van der Waals surface area contributed by atoms with Crippen molar-refractivity contribution < 1.29 is 28.5 Å². The van der Waals surface area contributed by atoms with Gasteiger partial charge in [-0.1, -0.05) is 30.3 Å². The monoisotopic (exact) mass is 280 g/mol. The second-order valence-corrected chi connectivity index (χ2v) is 3.60. The third kappa shape index (κ3) is 5.43. The number of methoxy groups -OCH3 is 2. The van der Waals surface area contributed by atoms with Gasteiger partial charge in [-0.3, -0.25) is 0 Å². The minimum absolute atomic E-state index is 0.0144. The van der Waals surface area contributed by atoms with Gasteiger partial charge in [0.15, 0.2) is 0 Å². The van der Waals surface area contributed by atoms with Gasteiger partial charge in [-0.15, -0.1) is 0 Å². The fraction of sp³-hybridized carbons (Fsp3) is 0.286. The van der Waals surface area contributed by atoms with Crippen LogP contribution in [-0.4, -0.2) is 33.1 Å². The van der Waals surface area contributed by atoms with Crippen LogP contribution in [0.3, 0.4) is 0 Å². The summed E-state index contributed by atoms with van der Waals surface area (Å²) >= 11 is 0. The summed E-state index contributed by atoms with van der Waals surface area (Å²) in [5, 5.41) is 0. The predicted octanol–water partition coefficient (Wildman–Crippen LogP) is 2.85. The summed E-state index contributed by atoms with van der Waals surface area (Å²) in [5.74, 6) is 0. The molecule has 1 rings (SSSR count). The Morgan fingerprint density at radius 3 is 2.35 bits per heavy atom. The molecule has 0 N–H and O–H groups in total. The highest BCUT2D eigenvalue weighted by Gasteiger charge is 2.13. The summed E-state index contributed by atoms with van der Waals surface area (Å²) in [4.78, 5) is 22.0. The summed E-state index contributed by atoms with van der Waals surface area (Å²) in [6.45, 7) is 0.0144. The van der Waals surface area contributed by atoms with Crippen LogP contribution in [0.2, 0.25) is 0 Å². The van der Waals surface area contributed by atoms with E-state index in [0.29, 0.717) is 0 Å². The quantitative estimate of drug-likeness (QED) is 0.610. The van der Waals surface area contributed by atoms with Crippen molar-refractivity contribution in [2.45, 2.75) is 6.10 Å². The lowest BCUT2D eigenvalue weighted by Gasteiger charge is -2.13. The lowest BCUT2D eigenvalue weighted by molar-refractivity contribution is 0.0514. The maximum Gasteiger partial charge on any atom is 0.508 e. The zero-order valence-corrected chi connectivity index (χ0v) is 11.3. The molecule has 0 aliphatic rings. The van der Waals surface area contributed by atoms with Gasteiger partial charge in [0.05, 0.1) is 14.2 Å². The lowest BCUT2D eigenvalue weighted by Crippen LogP contribution is -2.10. The molecule has 1 atom stereocenters. The summed E-state index contributed by atoms with van der Waals surface area (Å²) in [6, 6.07) is 9.10. The fourth-order valence-corrected chi connectivity index (χ4v) is 1.37. The SMILES string of the molecule is COC(=O)OC/C=C/C(OC(=O)OC)c1ccccc1. The van der Waals surface area contributed by atoms with Gasteiger partial charge in [0, 0.05) is 0 Å². The van der Waals surface area contributed by atoms with Gasteiger partial charge in [0.2, 0.25) is 0 Å². The molecule has 0 saturated heterocycles. The van der Waals surface area contributed by atoms with Crippen molar-refractivity contribution in [2.75, 3.05) is 20.8 Å². The van der Waals surface area contributed by atoms with Gasteiger partial charge in [0.1, 0.15) is 12.7 Å².